The highest BCUT2D eigenvalue weighted by Gasteiger charge is 2.43. The van der Waals surface area contributed by atoms with Gasteiger partial charge in [-0.2, -0.15) is 0 Å². The lowest BCUT2D eigenvalue weighted by molar-refractivity contribution is -0.133. The number of carbonyl (C=O) groups is 1. The van der Waals surface area contributed by atoms with E-state index in [-0.39, 0.29) is 11.9 Å². The number of nitrogens with one attached hydrogen (secondary N) is 2. The van der Waals surface area contributed by atoms with Crippen LogP contribution in [0.3, 0.4) is 0 Å². The van der Waals surface area contributed by atoms with Gasteiger partial charge in [-0.05, 0) is 55.3 Å². The predicted octanol–water partition coefficient (Wildman–Crippen LogP) is 2.99. The summed E-state index contributed by atoms with van der Waals surface area (Å²) >= 11 is 0. The Balaban J connectivity index is 1.45. The SMILES string of the molecule is O=C([C@H]1CC2(CCNCC2)CN1)N(CCc1ccccc1)Cc1ccccc1. The van der Waals surface area contributed by atoms with Gasteiger partial charge >= 0.3 is 0 Å². The van der Waals surface area contributed by atoms with Gasteiger partial charge in [-0.1, -0.05) is 60.7 Å². The van der Waals surface area contributed by atoms with Crippen molar-refractivity contribution in [1.82, 2.24) is 15.5 Å². The number of benzene rings is 2. The summed E-state index contributed by atoms with van der Waals surface area (Å²) in [5.41, 5.74) is 2.78. The lowest BCUT2D eigenvalue weighted by Crippen LogP contribution is -2.44. The quantitative estimate of drug-likeness (QED) is 0.813. The Kier molecular flexibility index (Phi) is 6.08. The van der Waals surface area contributed by atoms with Crippen LogP contribution in [0, 0.1) is 5.41 Å². The molecular weight excluding hydrogens is 346 g/mol. The first-order chi connectivity index (χ1) is 13.7. The maximum Gasteiger partial charge on any atom is 0.240 e. The largest absolute Gasteiger partial charge is 0.337 e. The first kappa shape index (κ1) is 19.2. The molecule has 4 rings (SSSR count). The van der Waals surface area contributed by atoms with Crippen molar-refractivity contribution in [3.63, 3.8) is 0 Å². The first-order valence-electron chi connectivity index (χ1n) is 10.5. The third kappa shape index (κ3) is 4.62. The van der Waals surface area contributed by atoms with E-state index in [1.807, 2.05) is 24.3 Å². The molecule has 0 bridgehead atoms. The fraction of sp³-hybridized carbons (Fsp3) is 0.458. The van der Waals surface area contributed by atoms with Crippen LogP contribution in [0.15, 0.2) is 60.7 Å². The molecule has 0 saturated carbocycles. The van der Waals surface area contributed by atoms with Crippen LogP contribution in [-0.4, -0.2) is 43.0 Å². The number of piperidine rings is 1. The van der Waals surface area contributed by atoms with Crippen LogP contribution >= 0.6 is 0 Å². The summed E-state index contributed by atoms with van der Waals surface area (Å²) in [6, 6.07) is 20.8. The smallest absolute Gasteiger partial charge is 0.240 e. The van der Waals surface area contributed by atoms with Crippen LogP contribution in [-0.2, 0) is 17.8 Å². The van der Waals surface area contributed by atoms with Crippen molar-refractivity contribution >= 4 is 5.91 Å². The number of carbonyl (C=O) groups excluding carboxylic acids is 1. The molecule has 0 aromatic heterocycles. The third-order valence-electron chi connectivity index (χ3n) is 6.36. The monoisotopic (exact) mass is 377 g/mol. The fourth-order valence-corrected chi connectivity index (χ4v) is 4.63. The molecule has 4 nitrogen and oxygen atoms in total. The van der Waals surface area contributed by atoms with Gasteiger partial charge in [0.05, 0.1) is 6.04 Å². The second-order valence-corrected chi connectivity index (χ2v) is 8.37. The van der Waals surface area contributed by atoms with E-state index in [0.717, 1.165) is 39.0 Å². The van der Waals surface area contributed by atoms with Crippen LogP contribution in [0.5, 0.6) is 0 Å². The van der Waals surface area contributed by atoms with Gasteiger partial charge in [0, 0.05) is 19.6 Å². The summed E-state index contributed by atoms with van der Waals surface area (Å²) in [5, 5.41) is 7.01. The van der Waals surface area contributed by atoms with Gasteiger partial charge in [0.15, 0.2) is 0 Å². The maximum absolute atomic E-state index is 13.4. The molecule has 28 heavy (non-hydrogen) atoms. The summed E-state index contributed by atoms with van der Waals surface area (Å²) < 4.78 is 0. The molecule has 0 unspecified atom stereocenters. The van der Waals surface area contributed by atoms with Gasteiger partial charge < -0.3 is 15.5 Å². The van der Waals surface area contributed by atoms with Crippen LogP contribution in [0.4, 0.5) is 0 Å². The Bertz CT molecular complexity index is 756. The number of rotatable bonds is 6. The Morgan fingerprint density at radius 1 is 0.964 bits per heavy atom. The molecule has 148 valence electrons. The van der Waals surface area contributed by atoms with Crippen molar-refractivity contribution in [2.45, 2.75) is 38.3 Å². The Morgan fingerprint density at radius 2 is 1.61 bits per heavy atom. The Labute approximate surface area is 168 Å². The van der Waals surface area contributed by atoms with E-state index in [4.69, 9.17) is 0 Å². The van der Waals surface area contributed by atoms with E-state index in [2.05, 4.69) is 51.9 Å². The molecule has 2 aromatic carbocycles. The van der Waals surface area contributed by atoms with E-state index >= 15 is 0 Å². The van der Waals surface area contributed by atoms with Gasteiger partial charge in [0.1, 0.15) is 0 Å². The molecular formula is C24H31N3O. The van der Waals surface area contributed by atoms with Gasteiger partial charge in [0.2, 0.25) is 5.91 Å². The Hall–Kier alpha value is -2.17. The average Bonchev–Trinajstić information content (AvgIpc) is 3.16. The minimum atomic E-state index is -0.0439. The molecule has 0 aliphatic carbocycles. The highest BCUT2D eigenvalue weighted by molar-refractivity contribution is 5.82. The lowest BCUT2D eigenvalue weighted by atomic mass is 9.77. The minimum Gasteiger partial charge on any atom is -0.337 e. The summed E-state index contributed by atoms with van der Waals surface area (Å²) in [4.78, 5) is 15.5. The van der Waals surface area contributed by atoms with E-state index in [0.29, 0.717) is 12.0 Å². The van der Waals surface area contributed by atoms with Crippen LogP contribution in [0.25, 0.3) is 0 Å². The molecule has 2 aliphatic rings. The average molecular weight is 378 g/mol. The van der Waals surface area contributed by atoms with E-state index in [1.54, 1.807) is 0 Å². The summed E-state index contributed by atoms with van der Waals surface area (Å²) in [5.74, 6) is 0.259. The van der Waals surface area contributed by atoms with E-state index in [1.165, 1.54) is 24.0 Å². The molecule has 2 aliphatic heterocycles. The molecule has 1 atom stereocenters. The zero-order valence-electron chi connectivity index (χ0n) is 16.6. The Morgan fingerprint density at radius 3 is 2.29 bits per heavy atom. The summed E-state index contributed by atoms with van der Waals surface area (Å²) in [6.45, 7) is 4.56. The molecule has 1 spiro atoms. The van der Waals surface area contributed by atoms with Gasteiger partial charge in [-0.15, -0.1) is 0 Å². The molecule has 2 fully saturated rings. The highest BCUT2D eigenvalue weighted by Crippen LogP contribution is 2.37. The molecule has 0 radical (unpaired) electrons. The molecule has 4 heteroatoms. The van der Waals surface area contributed by atoms with Crippen molar-refractivity contribution in [1.29, 1.82) is 0 Å². The second-order valence-electron chi connectivity index (χ2n) is 8.37. The molecule has 2 heterocycles. The van der Waals surface area contributed by atoms with Crippen molar-refractivity contribution in [2.75, 3.05) is 26.2 Å². The number of hydrogen-bond donors (Lipinski definition) is 2. The van der Waals surface area contributed by atoms with Crippen molar-refractivity contribution in [3.8, 4) is 0 Å². The number of nitrogens with zero attached hydrogens (tertiary/aromatic N) is 1. The van der Waals surface area contributed by atoms with Gasteiger partial charge in [0.25, 0.3) is 0 Å². The zero-order chi connectivity index (χ0) is 19.2. The highest BCUT2D eigenvalue weighted by atomic mass is 16.2. The van der Waals surface area contributed by atoms with Crippen molar-refractivity contribution in [3.05, 3.63) is 71.8 Å². The fourth-order valence-electron chi connectivity index (χ4n) is 4.63. The van der Waals surface area contributed by atoms with Gasteiger partial charge in [-0.3, -0.25) is 4.79 Å². The molecule has 1 amide bonds. The first-order valence-corrected chi connectivity index (χ1v) is 10.5. The summed E-state index contributed by atoms with van der Waals surface area (Å²) in [6.07, 6.45) is 4.21. The van der Waals surface area contributed by atoms with Crippen molar-refractivity contribution < 1.29 is 4.79 Å². The van der Waals surface area contributed by atoms with Crippen molar-refractivity contribution in [2.24, 2.45) is 5.41 Å². The van der Waals surface area contributed by atoms with E-state index in [9.17, 15) is 4.79 Å². The third-order valence-corrected chi connectivity index (χ3v) is 6.36. The van der Waals surface area contributed by atoms with Crippen LogP contribution in [0.2, 0.25) is 0 Å². The topological polar surface area (TPSA) is 44.4 Å². The van der Waals surface area contributed by atoms with Crippen LogP contribution in [0.1, 0.15) is 30.4 Å². The second kappa shape index (κ2) is 8.89. The predicted molar refractivity (Wildman–Crippen MR) is 113 cm³/mol. The minimum absolute atomic E-state index is 0.0439. The van der Waals surface area contributed by atoms with Crippen LogP contribution < -0.4 is 10.6 Å². The number of hydrogen-bond acceptors (Lipinski definition) is 3. The summed E-state index contributed by atoms with van der Waals surface area (Å²) in [7, 11) is 0. The van der Waals surface area contributed by atoms with Gasteiger partial charge in [-0.25, -0.2) is 0 Å². The van der Waals surface area contributed by atoms with E-state index < -0.39 is 0 Å². The molecule has 2 saturated heterocycles. The maximum atomic E-state index is 13.4. The zero-order valence-corrected chi connectivity index (χ0v) is 16.6. The molecule has 2 aromatic rings. The number of amides is 1. The molecule has 2 N–H and O–H groups in total. The standard InChI is InChI=1S/C24H31N3O/c28-23(22-17-24(19-26-22)12-14-25-15-13-24)27(18-21-9-5-2-6-10-21)16-11-20-7-3-1-4-8-20/h1-10,22,25-26H,11-19H2/t22-/m1/s1. The lowest BCUT2D eigenvalue weighted by Gasteiger charge is -2.33. The normalized spacial score (nSPS) is 20.9.